The van der Waals surface area contributed by atoms with Crippen molar-refractivity contribution in [1.29, 1.82) is 0 Å². The van der Waals surface area contributed by atoms with E-state index in [-0.39, 0.29) is 28.6 Å². The zero-order chi connectivity index (χ0) is 26.1. The van der Waals surface area contributed by atoms with Crippen molar-refractivity contribution in [2.75, 3.05) is 11.0 Å². The molecule has 1 amide bonds. The molecule has 2 N–H and O–H groups in total. The molecule has 1 aromatic heterocycles. The second-order valence-corrected chi connectivity index (χ2v) is 11.5. The number of sulfonamides is 1. The van der Waals surface area contributed by atoms with Crippen molar-refractivity contribution in [3.8, 4) is 5.69 Å². The number of nitrogens with one attached hydrogen (secondary N) is 2. The van der Waals surface area contributed by atoms with Gasteiger partial charge in [-0.3, -0.25) is 9.52 Å². The first-order valence-electron chi connectivity index (χ1n) is 10.8. The van der Waals surface area contributed by atoms with Gasteiger partial charge in [-0.15, -0.1) is 0 Å². The predicted octanol–water partition coefficient (Wildman–Crippen LogP) is 4.89. The molecule has 0 unspecified atom stereocenters. The van der Waals surface area contributed by atoms with Gasteiger partial charge in [0.2, 0.25) is 15.9 Å². The predicted molar refractivity (Wildman–Crippen MR) is 132 cm³/mol. The van der Waals surface area contributed by atoms with Crippen molar-refractivity contribution < 1.29 is 22.0 Å². The number of hydrogen-bond acceptors (Lipinski definition) is 4. The van der Waals surface area contributed by atoms with Crippen molar-refractivity contribution in [2.24, 2.45) is 0 Å². The number of carbonyl (C=O) groups is 1. The molecule has 188 valence electrons. The molecule has 35 heavy (non-hydrogen) atoms. The van der Waals surface area contributed by atoms with Gasteiger partial charge < -0.3 is 5.32 Å². The third kappa shape index (κ3) is 6.58. The number of anilines is 1. The van der Waals surface area contributed by atoms with Crippen LogP contribution in [0.2, 0.25) is 5.02 Å². The Morgan fingerprint density at radius 1 is 1.11 bits per heavy atom. The summed E-state index contributed by atoms with van der Waals surface area (Å²) in [5.41, 5.74) is 1.87. The van der Waals surface area contributed by atoms with Crippen LogP contribution in [0.4, 0.5) is 14.5 Å². The first-order valence-corrected chi connectivity index (χ1v) is 13.0. The highest BCUT2D eigenvalue weighted by atomic mass is 35.5. The zero-order valence-corrected chi connectivity index (χ0v) is 21.6. The second kappa shape index (κ2) is 9.94. The Labute approximate surface area is 208 Å². The van der Waals surface area contributed by atoms with Crippen LogP contribution < -0.4 is 10.0 Å². The Kier molecular flexibility index (Phi) is 7.56. The molecule has 3 aromatic rings. The van der Waals surface area contributed by atoms with Gasteiger partial charge in [0.15, 0.2) is 0 Å². The smallest absolute Gasteiger partial charge is 0.229 e. The van der Waals surface area contributed by atoms with Crippen molar-refractivity contribution >= 4 is 33.2 Å². The molecule has 1 heterocycles. The number of hydrogen-bond donors (Lipinski definition) is 2. The summed E-state index contributed by atoms with van der Waals surface area (Å²) in [5.74, 6) is -2.41. The first kappa shape index (κ1) is 26.6. The molecule has 0 bridgehead atoms. The average Bonchev–Trinajstić information content (AvgIpc) is 3.19. The Morgan fingerprint density at radius 2 is 1.80 bits per heavy atom. The number of amides is 1. The lowest BCUT2D eigenvalue weighted by atomic mass is 9.92. The van der Waals surface area contributed by atoms with E-state index in [1.807, 2.05) is 26.8 Å². The number of halogens is 3. The topological polar surface area (TPSA) is 93.1 Å². The quantitative estimate of drug-likeness (QED) is 0.460. The van der Waals surface area contributed by atoms with E-state index in [2.05, 4.69) is 15.1 Å². The van der Waals surface area contributed by atoms with Gasteiger partial charge in [-0.1, -0.05) is 38.4 Å². The average molecular weight is 525 g/mol. The summed E-state index contributed by atoms with van der Waals surface area (Å²) in [5, 5.41) is 7.42. The molecular formula is C24H27ClF2N4O3S. The van der Waals surface area contributed by atoms with Crippen LogP contribution in [-0.4, -0.2) is 30.4 Å². The number of benzene rings is 2. The van der Waals surface area contributed by atoms with Crippen LogP contribution in [0.15, 0.2) is 42.5 Å². The van der Waals surface area contributed by atoms with Crippen LogP contribution in [0.1, 0.15) is 50.6 Å². The van der Waals surface area contributed by atoms with E-state index >= 15 is 0 Å². The second-order valence-electron chi connectivity index (χ2n) is 9.33. The highest BCUT2D eigenvalue weighted by Crippen LogP contribution is 2.26. The van der Waals surface area contributed by atoms with Crippen molar-refractivity contribution in [3.63, 3.8) is 0 Å². The summed E-state index contributed by atoms with van der Waals surface area (Å²) in [4.78, 5) is 12.8. The minimum atomic E-state index is -3.64. The fraction of sp³-hybridized carbons (Fsp3) is 0.333. The van der Waals surface area contributed by atoms with Crippen LogP contribution in [-0.2, 0) is 26.8 Å². The molecule has 0 aliphatic rings. The van der Waals surface area contributed by atoms with Crippen LogP contribution in [0.5, 0.6) is 0 Å². The summed E-state index contributed by atoms with van der Waals surface area (Å²) < 4.78 is 54.4. The van der Waals surface area contributed by atoms with Gasteiger partial charge >= 0.3 is 0 Å². The van der Waals surface area contributed by atoms with Gasteiger partial charge in [0.25, 0.3) is 0 Å². The molecule has 2 aromatic carbocycles. The molecule has 0 spiro atoms. The highest BCUT2D eigenvalue weighted by Gasteiger charge is 2.23. The maximum atomic E-state index is 14.4. The molecule has 3 rings (SSSR count). The van der Waals surface area contributed by atoms with E-state index in [1.165, 1.54) is 24.3 Å². The third-order valence-corrected chi connectivity index (χ3v) is 6.21. The van der Waals surface area contributed by atoms with Gasteiger partial charge in [-0.2, -0.15) is 5.10 Å². The van der Waals surface area contributed by atoms with Crippen molar-refractivity contribution in [2.45, 2.75) is 45.6 Å². The molecule has 1 atom stereocenters. The van der Waals surface area contributed by atoms with Crippen molar-refractivity contribution in [1.82, 2.24) is 15.1 Å². The summed E-state index contributed by atoms with van der Waals surface area (Å²) in [7, 11) is -3.64. The van der Waals surface area contributed by atoms with Crippen LogP contribution in [0, 0.1) is 11.6 Å². The molecule has 0 radical (unpaired) electrons. The van der Waals surface area contributed by atoms with Gasteiger partial charge in [0.05, 0.1) is 46.5 Å². The number of aromatic nitrogens is 2. The van der Waals surface area contributed by atoms with E-state index in [4.69, 9.17) is 11.6 Å². The number of rotatable bonds is 7. The summed E-state index contributed by atoms with van der Waals surface area (Å²) in [6.07, 6.45) is 0.923. The third-order valence-electron chi connectivity index (χ3n) is 5.32. The van der Waals surface area contributed by atoms with Gasteiger partial charge in [-0.05, 0) is 48.9 Å². The van der Waals surface area contributed by atoms with Gasteiger partial charge in [0.1, 0.15) is 11.6 Å². The molecule has 0 aliphatic heterocycles. The minimum Gasteiger partial charge on any atom is -0.350 e. The first-order chi connectivity index (χ1) is 16.2. The Bertz CT molecular complexity index is 1370. The summed E-state index contributed by atoms with van der Waals surface area (Å²) in [6.45, 7) is 7.72. The zero-order valence-electron chi connectivity index (χ0n) is 20.0. The Hall–Kier alpha value is -2.98. The number of carbonyl (C=O) groups excluding carboxylic acids is 1. The van der Waals surface area contributed by atoms with E-state index in [0.717, 1.165) is 18.0 Å². The summed E-state index contributed by atoms with van der Waals surface area (Å²) >= 11 is 5.95. The molecule has 0 fully saturated rings. The SMILES string of the molecule is C[C@H](C(=O)NCc1cc(C(C)(C)C)nn1-c1ccc(F)c(Cl)c1)c1ccc(NS(C)(=O)=O)c(F)c1. The van der Waals surface area contributed by atoms with Crippen LogP contribution in [0.3, 0.4) is 0 Å². The minimum absolute atomic E-state index is 0.0465. The molecule has 0 saturated carbocycles. The molecule has 7 nitrogen and oxygen atoms in total. The van der Waals surface area contributed by atoms with E-state index in [1.54, 1.807) is 17.7 Å². The van der Waals surface area contributed by atoms with Crippen molar-refractivity contribution in [3.05, 3.63) is 76.1 Å². The van der Waals surface area contributed by atoms with E-state index < -0.39 is 27.6 Å². The molecular weight excluding hydrogens is 498 g/mol. The fourth-order valence-corrected chi connectivity index (χ4v) is 4.06. The monoisotopic (exact) mass is 524 g/mol. The number of nitrogens with zero attached hydrogens (tertiary/aromatic N) is 2. The standard InChI is InChI=1S/C24H27ClF2N4O3S/c1-14(15-6-9-21(20(27)10-15)30-35(5,33)34)23(32)28-13-17-12-22(24(2,3)4)29-31(17)16-7-8-19(26)18(25)11-16/h6-12,14,30H,13H2,1-5H3,(H,28,32)/t14-/m0/s1. The largest absolute Gasteiger partial charge is 0.350 e. The Morgan fingerprint density at radius 3 is 2.37 bits per heavy atom. The lowest BCUT2D eigenvalue weighted by Gasteiger charge is -2.15. The van der Waals surface area contributed by atoms with Gasteiger partial charge in [0, 0.05) is 5.41 Å². The highest BCUT2D eigenvalue weighted by molar-refractivity contribution is 7.92. The van der Waals surface area contributed by atoms with Gasteiger partial charge in [-0.25, -0.2) is 21.9 Å². The normalized spacial score (nSPS) is 12.9. The van der Waals surface area contributed by atoms with Crippen LogP contribution >= 0.6 is 11.6 Å². The van der Waals surface area contributed by atoms with E-state index in [9.17, 15) is 22.0 Å². The lowest BCUT2D eigenvalue weighted by Crippen LogP contribution is -2.28. The lowest BCUT2D eigenvalue weighted by molar-refractivity contribution is -0.122. The molecule has 0 saturated heterocycles. The maximum absolute atomic E-state index is 14.4. The molecule has 11 heteroatoms. The molecule has 0 aliphatic carbocycles. The Balaban J connectivity index is 1.82. The fourth-order valence-electron chi connectivity index (χ4n) is 3.32. The maximum Gasteiger partial charge on any atom is 0.229 e. The van der Waals surface area contributed by atoms with E-state index in [0.29, 0.717) is 16.9 Å². The van der Waals surface area contributed by atoms with Crippen LogP contribution in [0.25, 0.3) is 5.69 Å². The summed E-state index contributed by atoms with van der Waals surface area (Å²) in [6, 6.07) is 10.00.